The second-order valence-corrected chi connectivity index (χ2v) is 8.49. The molecular formula is C22H18ClN3O5S. The summed E-state index contributed by atoms with van der Waals surface area (Å²) in [5.41, 5.74) is 0.814. The Morgan fingerprint density at radius 2 is 1.75 bits per heavy atom. The minimum absolute atomic E-state index is 0.0719. The van der Waals surface area contributed by atoms with Gasteiger partial charge in [0.05, 0.1) is 25.8 Å². The summed E-state index contributed by atoms with van der Waals surface area (Å²) in [6, 6.07) is 10.4. The lowest BCUT2D eigenvalue weighted by atomic mass is 9.95. The molecule has 1 aliphatic rings. The molecule has 2 heterocycles. The summed E-state index contributed by atoms with van der Waals surface area (Å²) in [7, 11) is 2.99. The van der Waals surface area contributed by atoms with Gasteiger partial charge in [0.2, 0.25) is 5.13 Å². The summed E-state index contributed by atoms with van der Waals surface area (Å²) in [5, 5.41) is 20.5. The number of carbonyl (C=O) groups is 2. The van der Waals surface area contributed by atoms with Gasteiger partial charge in [-0.25, -0.2) is 0 Å². The minimum atomic E-state index is -0.946. The van der Waals surface area contributed by atoms with Crippen LogP contribution in [-0.2, 0) is 9.59 Å². The topological polar surface area (TPSA) is 102 Å². The van der Waals surface area contributed by atoms with E-state index in [0.29, 0.717) is 32.7 Å². The van der Waals surface area contributed by atoms with Crippen molar-refractivity contribution in [2.24, 2.45) is 0 Å². The van der Waals surface area contributed by atoms with Crippen LogP contribution in [0.1, 0.15) is 22.2 Å². The predicted molar refractivity (Wildman–Crippen MR) is 120 cm³/mol. The van der Waals surface area contributed by atoms with Crippen molar-refractivity contribution in [1.29, 1.82) is 0 Å². The van der Waals surface area contributed by atoms with Gasteiger partial charge in [-0.3, -0.25) is 14.5 Å². The molecule has 1 amide bonds. The largest absolute Gasteiger partial charge is 0.507 e. The molecule has 3 aromatic rings. The molecule has 0 unspecified atom stereocenters. The number of carbonyl (C=O) groups excluding carboxylic acids is 2. The molecule has 0 saturated carbocycles. The molecule has 1 saturated heterocycles. The third-order valence-electron chi connectivity index (χ3n) is 5.01. The summed E-state index contributed by atoms with van der Waals surface area (Å²) in [5.74, 6) is -1.06. The Labute approximate surface area is 192 Å². The molecule has 32 heavy (non-hydrogen) atoms. The highest BCUT2D eigenvalue weighted by molar-refractivity contribution is 7.15. The number of nitrogens with zero attached hydrogens (tertiary/aromatic N) is 3. The van der Waals surface area contributed by atoms with Gasteiger partial charge in [-0.05, 0) is 48.9 Å². The number of benzene rings is 2. The fourth-order valence-corrected chi connectivity index (χ4v) is 4.36. The molecule has 0 radical (unpaired) electrons. The van der Waals surface area contributed by atoms with Gasteiger partial charge < -0.3 is 14.6 Å². The summed E-state index contributed by atoms with van der Waals surface area (Å²) in [6.45, 7) is 1.75. The highest BCUT2D eigenvalue weighted by Crippen LogP contribution is 2.44. The van der Waals surface area contributed by atoms with E-state index in [4.69, 9.17) is 21.1 Å². The lowest BCUT2D eigenvalue weighted by Crippen LogP contribution is -2.29. The van der Waals surface area contributed by atoms with Gasteiger partial charge in [0.25, 0.3) is 5.78 Å². The zero-order valence-electron chi connectivity index (χ0n) is 17.3. The van der Waals surface area contributed by atoms with Gasteiger partial charge in [0.15, 0.2) is 11.5 Å². The molecule has 1 aliphatic heterocycles. The van der Waals surface area contributed by atoms with Gasteiger partial charge in [-0.1, -0.05) is 29.0 Å². The molecule has 1 fully saturated rings. The minimum Gasteiger partial charge on any atom is -0.507 e. The van der Waals surface area contributed by atoms with E-state index in [-0.39, 0.29) is 16.5 Å². The van der Waals surface area contributed by atoms with E-state index in [1.54, 1.807) is 49.4 Å². The molecule has 1 aromatic heterocycles. The molecule has 1 N–H and O–H groups in total. The van der Waals surface area contributed by atoms with Crippen molar-refractivity contribution in [3.63, 3.8) is 0 Å². The molecule has 4 rings (SSSR count). The van der Waals surface area contributed by atoms with Crippen LogP contribution in [0.2, 0.25) is 5.02 Å². The number of aliphatic hydroxyl groups is 1. The predicted octanol–water partition coefficient (Wildman–Crippen LogP) is 4.14. The number of aliphatic hydroxyl groups excluding tert-OH is 1. The van der Waals surface area contributed by atoms with Crippen molar-refractivity contribution in [3.05, 3.63) is 69.2 Å². The molecule has 0 spiro atoms. The fourth-order valence-electron chi connectivity index (χ4n) is 3.51. The van der Waals surface area contributed by atoms with Crippen LogP contribution in [0.15, 0.2) is 48.0 Å². The average Bonchev–Trinajstić information content (AvgIpc) is 3.34. The van der Waals surface area contributed by atoms with Crippen molar-refractivity contribution >= 4 is 45.5 Å². The number of ketones is 1. The van der Waals surface area contributed by atoms with E-state index in [2.05, 4.69) is 10.2 Å². The molecule has 2 aromatic carbocycles. The first kappa shape index (κ1) is 21.8. The zero-order valence-corrected chi connectivity index (χ0v) is 18.9. The standard InChI is InChI=1S/C22H18ClN3O5S/c1-11-24-25-22(32-11)26-18(13-6-9-15(30-2)16(10-13)31-3)17(20(28)21(26)29)19(27)12-4-7-14(23)8-5-12/h4-10,18,27H,1-3H3/t18-/m1/s1. The number of anilines is 1. The number of aryl methyl sites for hydroxylation is 1. The number of hydrogen-bond donors (Lipinski definition) is 1. The summed E-state index contributed by atoms with van der Waals surface area (Å²) in [6.07, 6.45) is 0. The normalized spacial score (nSPS) is 17.6. The summed E-state index contributed by atoms with van der Waals surface area (Å²) in [4.78, 5) is 27.4. The number of ether oxygens (including phenoxy) is 2. The van der Waals surface area contributed by atoms with E-state index in [9.17, 15) is 14.7 Å². The highest BCUT2D eigenvalue weighted by atomic mass is 35.5. The Hall–Kier alpha value is -3.43. The Morgan fingerprint density at radius 1 is 1.06 bits per heavy atom. The Kier molecular flexibility index (Phi) is 5.86. The highest BCUT2D eigenvalue weighted by Gasteiger charge is 2.48. The number of amides is 1. The average molecular weight is 472 g/mol. The third kappa shape index (κ3) is 3.69. The van der Waals surface area contributed by atoms with E-state index in [0.717, 1.165) is 0 Å². The maximum Gasteiger partial charge on any atom is 0.301 e. The maximum absolute atomic E-state index is 13.1. The Morgan fingerprint density at radius 3 is 2.34 bits per heavy atom. The number of rotatable bonds is 5. The second kappa shape index (κ2) is 8.60. The van der Waals surface area contributed by atoms with Crippen molar-refractivity contribution in [3.8, 4) is 11.5 Å². The lowest BCUT2D eigenvalue weighted by Gasteiger charge is -2.23. The molecule has 0 aliphatic carbocycles. The lowest BCUT2D eigenvalue weighted by molar-refractivity contribution is -0.132. The van der Waals surface area contributed by atoms with Crippen LogP contribution in [0.25, 0.3) is 5.76 Å². The Balaban J connectivity index is 1.95. The van der Waals surface area contributed by atoms with Gasteiger partial charge in [-0.15, -0.1) is 10.2 Å². The first-order valence-electron chi connectivity index (χ1n) is 9.44. The monoisotopic (exact) mass is 471 g/mol. The summed E-state index contributed by atoms with van der Waals surface area (Å²) >= 11 is 7.12. The number of methoxy groups -OCH3 is 2. The number of aromatic nitrogens is 2. The molecule has 8 nitrogen and oxygen atoms in total. The summed E-state index contributed by atoms with van der Waals surface area (Å²) < 4.78 is 10.7. The molecule has 1 atom stereocenters. The Bertz CT molecular complexity index is 1240. The van der Waals surface area contributed by atoms with E-state index in [1.807, 2.05) is 0 Å². The fraction of sp³-hybridized carbons (Fsp3) is 0.182. The van der Waals surface area contributed by atoms with Crippen LogP contribution in [0.4, 0.5) is 5.13 Å². The van der Waals surface area contributed by atoms with Crippen LogP contribution in [0.5, 0.6) is 11.5 Å². The van der Waals surface area contributed by atoms with Crippen LogP contribution in [-0.4, -0.2) is 41.2 Å². The van der Waals surface area contributed by atoms with E-state index in [1.165, 1.54) is 30.5 Å². The number of Topliss-reactive ketones (excluding diaryl/α,β-unsaturated/α-hetero) is 1. The quantitative estimate of drug-likeness (QED) is 0.339. The molecule has 10 heteroatoms. The van der Waals surface area contributed by atoms with Gasteiger partial charge in [0.1, 0.15) is 10.8 Å². The van der Waals surface area contributed by atoms with E-state index >= 15 is 0 Å². The molecule has 0 bridgehead atoms. The van der Waals surface area contributed by atoms with Crippen LogP contribution < -0.4 is 14.4 Å². The first-order valence-corrected chi connectivity index (χ1v) is 10.6. The van der Waals surface area contributed by atoms with Gasteiger partial charge in [-0.2, -0.15) is 0 Å². The third-order valence-corrected chi connectivity index (χ3v) is 6.10. The molecule has 164 valence electrons. The van der Waals surface area contributed by atoms with Crippen LogP contribution in [0.3, 0.4) is 0 Å². The van der Waals surface area contributed by atoms with Crippen molar-refractivity contribution in [1.82, 2.24) is 10.2 Å². The van der Waals surface area contributed by atoms with Crippen LogP contribution in [0, 0.1) is 6.92 Å². The van der Waals surface area contributed by atoms with E-state index < -0.39 is 17.7 Å². The number of halogens is 1. The van der Waals surface area contributed by atoms with Gasteiger partial charge in [0, 0.05) is 10.6 Å². The van der Waals surface area contributed by atoms with Crippen molar-refractivity contribution < 1.29 is 24.2 Å². The number of hydrogen-bond acceptors (Lipinski definition) is 8. The van der Waals surface area contributed by atoms with Crippen LogP contribution >= 0.6 is 22.9 Å². The van der Waals surface area contributed by atoms with Crippen molar-refractivity contribution in [2.45, 2.75) is 13.0 Å². The van der Waals surface area contributed by atoms with Gasteiger partial charge >= 0.3 is 5.91 Å². The second-order valence-electron chi connectivity index (χ2n) is 6.89. The zero-order chi connectivity index (χ0) is 23.0. The molecular weight excluding hydrogens is 454 g/mol. The smallest absolute Gasteiger partial charge is 0.301 e. The first-order chi connectivity index (χ1) is 15.3. The SMILES string of the molecule is COc1ccc([C@@H]2C(=C(O)c3ccc(Cl)cc3)C(=O)C(=O)N2c2nnc(C)s2)cc1OC. The maximum atomic E-state index is 13.1. The van der Waals surface area contributed by atoms with Crippen molar-refractivity contribution in [2.75, 3.05) is 19.1 Å².